The van der Waals surface area contributed by atoms with Crippen molar-refractivity contribution in [2.24, 2.45) is 11.7 Å². The number of hydrogen-bond acceptors (Lipinski definition) is 6. The lowest BCUT2D eigenvalue weighted by Crippen LogP contribution is -2.15. The van der Waals surface area contributed by atoms with Gasteiger partial charge in [0, 0.05) is 17.0 Å². The Labute approximate surface area is 190 Å². The lowest BCUT2D eigenvalue weighted by atomic mass is 9.96. The molecule has 0 radical (unpaired) electrons. The van der Waals surface area contributed by atoms with E-state index < -0.39 is 17.3 Å². The van der Waals surface area contributed by atoms with Crippen LogP contribution in [-0.4, -0.2) is 22.6 Å². The summed E-state index contributed by atoms with van der Waals surface area (Å²) in [5, 5.41) is 13.7. The van der Waals surface area contributed by atoms with E-state index in [-0.39, 0.29) is 5.56 Å². The third kappa shape index (κ3) is 5.32. The molecule has 1 saturated carbocycles. The van der Waals surface area contributed by atoms with Crippen LogP contribution in [0.5, 0.6) is 0 Å². The highest BCUT2D eigenvalue weighted by Crippen LogP contribution is 2.38. The highest BCUT2D eigenvalue weighted by molar-refractivity contribution is 7.19. The molecule has 3 aromatic rings. The number of rotatable bonds is 9. The molecule has 0 spiro atoms. The predicted octanol–water partition coefficient (Wildman–Crippen LogP) is 4.95. The summed E-state index contributed by atoms with van der Waals surface area (Å²) in [6, 6.07) is 11.7. The van der Waals surface area contributed by atoms with E-state index in [4.69, 9.17) is 10.5 Å². The first-order chi connectivity index (χ1) is 15.2. The number of nitrogens with two attached hydrogens (primary N) is 1. The van der Waals surface area contributed by atoms with Gasteiger partial charge in [0.15, 0.2) is 0 Å². The molecule has 6 nitrogen and oxygen atoms in total. The molecule has 1 aromatic carbocycles. The van der Waals surface area contributed by atoms with E-state index in [0.29, 0.717) is 39.3 Å². The van der Waals surface area contributed by atoms with Crippen molar-refractivity contribution in [1.82, 2.24) is 4.98 Å². The van der Waals surface area contributed by atoms with Crippen LogP contribution < -0.4 is 11.1 Å². The molecule has 1 amide bonds. The van der Waals surface area contributed by atoms with Crippen LogP contribution in [0.1, 0.15) is 48.3 Å². The molecule has 0 aliphatic heterocycles. The molecule has 2 heterocycles. The molecule has 1 fully saturated rings. The van der Waals surface area contributed by atoms with Gasteiger partial charge in [0.2, 0.25) is 0 Å². The minimum Gasteiger partial charge on any atom is -0.386 e. The molecule has 32 heavy (non-hydrogen) atoms. The number of nitrogens with zero attached hydrogens (tertiary/aromatic N) is 1. The second-order valence-corrected chi connectivity index (χ2v) is 9.62. The number of benzene rings is 1. The molecule has 0 atom stereocenters. The fraction of sp³-hybridized carbons (Fsp3) is 0.333. The van der Waals surface area contributed by atoms with Crippen LogP contribution in [0.15, 0.2) is 42.5 Å². The topological polar surface area (TPSA) is 97.5 Å². The number of amides is 1. The largest absolute Gasteiger partial charge is 0.386 e. The summed E-state index contributed by atoms with van der Waals surface area (Å²) < 4.78 is 20.5. The third-order valence-corrected chi connectivity index (χ3v) is 6.37. The second kappa shape index (κ2) is 8.97. The van der Waals surface area contributed by atoms with Gasteiger partial charge in [-0.05, 0) is 62.4 Å². The van der Waals surface area contributed by atoms with Crippen LogP contribution in [0.25, 0.3) is 10.4 Å². The fourth-order valence-corrected chi connectivity index (χ4v) is 4.35. The molecule has 4 rings (SSSR count). The zero-order valence-electron chi connectivity index (χ0n) is 18.0. The number of aromatic nitrogens is 1. The van der Waals surface area contributed by atoms with Crippen molar-refractivity contribution in [3.05, 3.63) is 65.1 Å². The van der Waals surface area contributed by atoms with Gasteiger partial charge in [-0.2, -0.15) is 0 Å². The van der Waals surface area contributed by atoms with Crippen molar-refractivity contribution in [2.75, 3.05) is 11.9 Å². The molecule has 8 heteroatoms. The molecule has 0 saturated heterocycles. The number of hydrogen-bond donors (Lipinski definition) is 3. The number of thiophene rings is 1. The molecule has 2 aromatic heterocycles. The molecule has 0 unspecified atom stereocenters. The van der Waals surface area contributed by atoms with E-state index in [1.54, 1.807) is 38.1 Å². The van der Waals surface area contributed by atoms with E-state index in [9.17, 15) is 14.3 Å². The standard InChI is InChI=1S/C24H26FN3O3S/c1-24(2,30)15-8-9-17(19(25)10-15)20-11-18(22(26)29)23(32-20)28-21-5-3-4-16(27-21)13-31-12-14-6-7-14/h3-5,8-11,14,30H,6-7,12-13H2,1-2H3,(H2,26,29)(H,27,28). The maximum absolute atomic E-state index is 14.8. The van der Waals surface area contributed by atoms with E-state index in [2.05, 4.69) is 10.3 Å². The summed E-state index contributed by atoms with van der Waals surface area (Å²) in [7, 11) is 0. The summed E-state index contributed by atoms with van der Waals surface area (Å²) in [6.07, 6.45) is 2.46. The Morgan fingerprint density at radius 2 is 2.09 bits per heavy atom. The van der Waals surface area contributed by atoms with Crippen molar-refractivity contribution in [1.29, 1.82) is 0 Å². The molecule has 4 N–H and O–H groups in total. The summed E-state index contributed by atoms with van der Waals surface area (Å²) in [6.45, 7) is 4.36. The Hall–Kier alpha value is -2.81. The number of carbonyl (C=O) groups is 1. The summed E-state index contributed by atoms with van der Waals surface area (Å²) in [4.78, 5) is 17.1. The van der Waals surface area contributed by atoms with Gasteiger partial charge in [0.25, 0.3) is 5.91 Å². The number of nitrogens with one attached hydrogen (secondary N) is 1. The smallest absolute Gasteiger partial charge is 0.251 e. The van der Waals surface area contributed by atoms with Crippen LogP contribution >= 0.6 is 11.3 Å². The Kier molecular flexibility index (Phi) is 6.28. The zero-order valence-corrected chi connectivity index (χ0v) is 18.8. The number of ether oxygens (including phenoxy) is 1. The molecule has 1 aliphatic carbocycles. The first kappa shape index (κ1) is 22.4. The van der Waals surface area contributed by atoms with E-state index >= 15 is 0 Å². The molecule has 0 bridgehead atoms. The van der Waals surface area contributed by atoms with Crippen molar-refractivity contribution >= 4 is 28.1 Å². The molecule has 168 valence electrons. The average Bonchev–Trinajstić information content (AvgIpc) is 3.45. The minimum atomic E-state index is -1.15. The van der Waals surface area contributed by atoms with Gasteiger partial charge >= 0.3 is 0 Å². The van der Waals surface area contributed by atoms with Crippen LogP contribution in [-0.2, 0) is 16.9 Å². The van der Waals surface area contributed by atoms with E-state index in [1.165, 1.54) is 30.2 Å². The number of halogens is 1. The number of aliphatic hydroxyl groups is 1. The second-order valence-electron chi connectivity index (χ2n) is 8.57. The van der Waals surface area contributed by atoms with Crippen LogP contribution in [0.2, 0.25) is 0 Å². The highest BCUT2D eigenvalue weighted by Gasteiger charge is 2.22. The van der Waals surface area contributed by atoms with Crippen LogP contribution in [0.4, 0.5) is 15.2 Å². The fourth-order valence-electron chi connectivity index (χ4n) is 3.26. The number of carbonyl (C=O) groups excluding carboxylic acids is 1. The maximum Gasteiger partial charge on any atom is 0.251 e. The van der Waals surface area contributed by atoms with Gasteiger partial charge < -0.3 is 20.9 Å². The molecule has 1 aliphatic rings. The highest BCUT2D eigenvalue weighted by atomic mass is 32.1. The zero-order chi connectivity index (χ0) is 22.9. The normalized spacial score (nSPS) is 13.9. The van der Waals surface area contributed by atoms with Crippen molar-refractivity contribution in [3.8, 4) is 10.4 Å². The lowest BCUT2D eigenvalue weighted by molar-refractivity contribution is 0.0782. The first-order valence-corrected chi connectivity index (χ1v) is 11.3. The van der Waals surface area contributed by atoms with Gasteiger partial charge in [-0.25, -0.2) is 9.37 Å². The van der Waals surface area contributed by atoms with E-state index in [0.717, 1.165) is 12.3 Å². The van der Waals surface area contributed by atoms with Gasteiger partial charge in [0.05, 0.1) is 23.5 Å². The van der Waals surface area contributed by atoms with Gasteiger partial charge in [-0.15, -0.1) is 11.3 Å². The van der Waals surface area contributed by atoms with Crippen molar-refractivity contribution in [3.63, 3.8) is 0 Å². The van der Waals surface area contributed by atoms with Crippen molar-refractivity contribution in [2.45, 2.75) is 38.9 Å². The summed E-state index contributed by atoms with van der Waals surface area (Å²) >= 11 is 1.21. The van der Waals surface area contributed by atoms with Gasteiger partial charge in [-0.3, -0.25) is 4.79 Å². The Morgan fingerprint density at radius 3 is 2.75 bits per heavy atom. The van der Waals surface area contributed by atoms with Crippen molar-refractivity contribution < 1.29 is 19.0 Å². The maximum atomic E-state index is 14.8. The number of primary amides is 1. The molecular weight excluding hydrogens is 429 g/mol. The number of pyridine rings is 1. The Morgan fingerprint density at radius 1 is 1.31 bits per heavy atom. The number of anilines is 2. The predicted molar refractivity (Wildman–Crippen MR) is 123 cm³/mol. The summed E-state index contributed by atoms with van der Waals surface area (Å²) in [5.74, 6) is 0.122. The SMILES string of the molecule is CC(C)(O)c1ccc(-c2cc(C(N)=O)c(Nc3cccc(COCC4CC4)n3)s2)c(F)c1. The Balaban J connectivity index is 1.57. The lowest BCUT2D eigenvalue weighted by Gasteiger charge is -2.18. The first-order valence-electron chi connectivity index (χ1n) is 10.5. The van der Waals surface area contributed by atoms with Crippen LogP contribution in [0.3, 0.4) is 0 Å². The Bertz CT molecular complexity index is 1140. The van der Waals surface area contributed by atoms with E-state index in [1.807, 2.05) is 12.1 Å². The molecular formula is C24H26FN3O3S. The average molecular weight is 456 g/mol. The van der Waals surface area contributed by atoms with Crippen LogP contribution in [0, 0.1) is 11.7 Å². The van der Waals surface area contributed by atoms with Gasteiger partial charge in [-0.1, -0.05) is 18.2 Å². The summed E-state index contributed by atoms with van der Waals surface area (Å²) in [5.41, 5.74) is 6.25. The minimum absolute atomic E-state index is 0.258. The quantitative estimate of drug-likeness (QED) is 0.424. The monoisotopic (exact) mass is 455 g/mol. The van der Waals surface area contributed by atoms with Gasteiger partial charge in [0.1, 0.15) is 16.6 Å². The third-order valence-electron chi connectivity index (χ3n) is 5.29.